The number of carbonyl (C=O) groups excluding carboxylic acids is 1. The summed E-state index contributed by atoms with van der Waals surface area (Å²) in [5, 5.41) is 0.697. The van der Waals surface area contributed by atoms with E-state index in [2.05, 4.69) is 19.4 Å². The third kappa shape index (κ3) is 4.02. The van der Waals surface area contributed by atoms with Gasteiger partial charge in [-0.2, -0.15) is 0 Å². The summed E-state index contributed by atoms with van der Waals surface area (Å²) in [5.74, 6) is 1.61. The summed E-state index contributed by atoms with van der Waals surface area (Å²) in [6, 6.07) is 9.53. The maximum absolute atomic E-state index is 13.5. The topological polar surface area (TPSA) is 67.2 Å². The van der Waals surface area contributed by atoms with Gasteiger partial charge in [-0.3, -0.25) is 4.79 Å². The van der Waals surface area contributed by atoms with Crippen LogP contribution in [0.25, 0.3) is 11.4 Å². The third-order valence-electron chi connectivity index (χ3n) is 6.07. The van der Waals surface area contributed by atoms with Gasteiger partial charge in [-0.15, -0.1) is 0 Å². The largest absolute Gasteiger partial charge is 0.337 e. The van der Waals surface area contributed by atoms with Gasteiger partial charge >= 0.3 is 0 Å². The second-order valence-electron chi connectivity index (χ2n) is 8.03. The van der Waals surface area contributed by atoms with Gasteiger partial charge in [0.25, 0.3) is 5.91 Å². The molecule has 0 spiro atoms. The minimum absolute atomic E-state index is 0.0273. The molecule has 2 aromatic heterocycles. The molecule has 0 atom stereocenters. The summed E-state index contributed by atoms with van der Waals surface area (Å²) in [6.07, 6.45) is 7.75. The molecular formula is C23H25ClN6O. The van der Waals surface area contributed by atoms with E-state index in [4.69, 9.17) is 16.6 Å². The first kappa shape index (κ1) is 20.0. The van der Waals surface area contributed by atoms with E-state index in [1.54, 1.807) is 12.4 Å². The van der Waals surface area contributed by atoms with E-state index < -0.39 is 0 Å². The Morgan fingerprint density at radius 1 is 0.903 bits per heavy atom. The number of anilines is 1. The zero-order valence-corrected chi connectivity index (χ0v) is 18.1. The second kappa shape index (κ2) is 8.67. The Labute approximate surface area is 186 Å². The molecule has 7 nitrogen and oxygen atoms in total. The Bertz CT molecular complexity index is 1060. The van der Waals surface area contributed by atoms with Crippen LogP contribution in [0.15, 0.2) is 42.7 Å². The number of imidazole rings is 1. The number of halogens is 1. The number of aromatic nitrogens is 4. The summed E-state index contributed by atoms with van der Waals surface area (Å²) in [7, 11) is 0. The molecule has 4 heterocycles. The Morgan fingerprint density at radius 2 is 1.65 bits per heavy atom. The van der Waals surface area contributed by atoms with Crippen molar-refractivity contribution in [2.45, 2.75) is 32.2 Å². The van der Waals surface area contributed by atoms with Crippen molar-refractivity contribution in [3.05, 3.63) is 59.1 Å². The van der Waals surface area contributed by atoms with Crippen molar-refractivity contribution in [3.8, 4) is 11.4 Å². The highest BCUT2D eigenvalue weighted by molar-refractivity contribution is 6.30. The lowest BCUT2D eigenvalue weighted by Crippen LogP contribution is -2.49. The van der Waals surface area contributed by atoms with Gasteiger partial charge < -0.3 is 14.4 Å². The zero-order valence-electron chi connectivity index (χ0n) is 17.4. The van der Waals surface area contributed by atoms with Crippen LogP contribution < -0.4 is 4.90 Å². The molecule has 31 heavy (non-hydrogen) atoms. The first-order chi connectivity index (χ1) is 15.2. The smallest absolute Gasteiger partial charge is 0.274 e. The number of carbonyl (C=O) groups is 1. The fourth-order valence-corrected chi connectivity index (χ4v) is 4.55. The normalized spacial score (nSPS) is 16.7. The van der Waals surface area contributed by atoms with Crippen molar-refractivity contribution in [3.63, 3.8) is 0 Å². The number of piperazine rings is 1. The lowest BCUT2D eigenvalue weighted by molar-refractivity contribution is 0.0739. The Balaban J connectivity index is 1.41. The molecule has 0 unspecified atom stereocenters. The van der Waals surface area contributed by atoms with Crippen LogP contribution in [0.2, 0.25) is 5.02 Å². The SMILES string of the molecule is O=C(c1nc(-c2ccc(Cl)cc2)n2c1CCCCC2)N1CCN(c2ncccn2)CC1. The maximum atomic E-state index is 13.5. The van der Waals surface area contributed by atoms with E-state index in [0.717, 1.165) is 61.9 Å². The van der Waals surface area contributed by atoms with Crippen LogP contribution >= 0.6 is 11.6 Å². The fourth-order valence-electron chi connectivity index (χ4n) is 4.42. The van der Waals surface area contributed by atoms with Gasteiger partial charge in [0.05, 0.1) is 5.69 Å². The van der Waals surface area contributed by atoms with Crippen LogP contribution in [0.1, 0.15) is 35.4 Å². The first-order valence-corrected chi connectivity index (χ1v) is 11.2. The first-order valence-electron chi connectivity index (χ1n) is 10.9. The minimum atomic E-state index is 0.0273. The highest BCUT2D eigenvalue weighted by Gasteiger charge is 2.29. The lowest BCUT2D eigenvalue weighted by atomic mass is 10.1. The predicted molar refractivity (Wildman–Crippen MR) is 120 cm³/mol. The van der Waals surface area contributed by atoms with Crippen molar-refractivity contribution < 1.29 is 4.79 Å². The van der Waals surface area contributed by atoms with Crippen molar-refractivity contribution in [1.82, 2.24) is 24.4 Å². The van der Waals surface area contributed by atoms with Crippen molar-refractivity contribution >= 4 is 23.5 Å². The summed E-state index contributed by atoms with van der Waals surface area (Å²) in [4.78, 5) is 31.1. The summed E-state index contributed by atoms with van der Waals surface area (Å²) in [5.41, 5.74) is 2.68. The third-order valence-corrected chi connectivity index (χ3v) is 6.33. The van der Waals surface area contributed by atoms with Gasteiger partial charge in [-0.25, -0.2) is 15.0 Å². The summed E-state index contributed by atoms with van der Waals surface area (Å²) < 4.78 is 2.25. The molecule has 1 saturated heterocycles. The Kier molecular flexibility index (Phi) is 5.59. The van der Waals surface area contributed by atoms with Gasteiger partial charge in [-0.1, -0.05) is 18.0 Å². The number of nitrogens with zero attached hydrogens (tertiary/aromatic N) is 6. The van der Waals surface area contributed by atoms with Crippen molar-refractivity contribution in [2.75, 3.05) is 31.1 Å². The molecule has 1 aromatic carbocycles. The molecular weight excluding hydrogens is 412 g/mol. The molecule has 0 N–H and O–H groups in total. The van der Waals surface area contributed by atoms with Gasteiger partial charge in [0.15, 0.2) is 0 Å². The van der Waals surface area contributed by atoms with Crippen molar-refractivity contribution in [1.29, 1.82) is 0 Å². The van der Waals surface area contributed by atoms with Crippen LogP contribution in [0.5, 0.6) is 0 Å². The van der Waals surface area contributed by atoms with E-state index in [-0.39, 0.29) is 5.91 Å². The molecule has 5 rings (SSSR count). The summed E-state index contributed by atoms with van der Waals surface area (Å²) >= 11 is 6.08. The van der Waals surface area contributed by atoms with Crippen LogP contribution in [-0.2, 0) is 13.0 Å². The van der Waals surface area contributed by atoms with E-state index >= 15 is 0 Å². The molecule has 0 aliphatic carbocycles. The van der Waals surface area contributed by atoms with E-state index in [1.165, 1.54) is 6.42 Å². The fraction of sp³-hybridized carbons (Fsp3) is 0.391. The molecule has 2 aliphatic heterocycles. The molecule has 1 amide bonds. The van der Waals surface area contributed by atoms with Gasteiger partial charge in [0, 0.05) is 55.7 Å². The van der Waals surface area contributed by atoms with Gasteiger partial charge in [-0.05, 0) is 49.6 Å². The van der Waals surface area contributed by atoms with E-state index in [1.807, 2.05) is 35.2 Å². The molecule has 3 aromatic rings. The lowest BCUT2D eigenvalue weighted by Gasteiger charge is -2.34. The Morgan fingerprint density at radius 3 is 2.39 bits per heavy atom. The molecule has 0 radical (unpaired) electrons. The monoisotopic (exact) mass is 436 g/mol. The van der Waals surface area contributed by atoms with Gasteiger partial charge in [0.2, 0.25) is 5.95 Å². The number of fused-ring (bicyclic) bond motifs is 1. The molecule has 2 aliphatic rings. The molecule has 1 fully saturated rings. The van der Waals surface area contributed by atoms with Crippen molar-refractivity contribution in [2.24, 2.45) is 0 Å². The molecule has 0 bridgehead atoms. The number of hydrogen-bond acceptors (Lipinski definition) is 5. The predicted octanol–water partition coefficient (Wildman–Crippen LogP) is 3.68. The van der Waals surface area contributed by atoms with E-state index in [9.17, 15) is 4.79 Å². The second-order valence-corrected chi connectivity index (χ2v) is 8.46. The van der Waals surface area contributed by atoms with Crippen LogP contribution in [0.4, 0.5) is 5.95 Å². The molecule has 160 valence electrons. The molecule has 0 saturated carbocycles. The minimum Gasteiger partial charge on any atom is -0.337 e. The summed E-state index contributed by atoms with van der Waals surface area (Å²) in [6.45, 7) is 3.61. The molecule has 8 heteroatoms. The van der Waals surface area contributed by atoms with E-state index in [0.29, 0.717) is 23.8 Å². The average molecular weight is 437 g/mol. The maximum Gasteiger partial charge on any atom is 0.274 e. The van der Waals surface area contributed by atoms with Crippen LogP contribution in [0.3, 0.4) is 0 Å². The Hall–Kier alpha value is -2.93. The average Bonchev–Trinajstić information content (AvgIpc) is 3.00. The highest BCUT2D eigenvalue weighted by Crippen LogP contribution is 2.29. The van der Waals surface area contributed by atoms with Crippen LogP contribution in [0, 0.1) is 0 Å². The van der Waals surface area contributed by atoms with Gasteiger partial charge in [0.1, 0.15) is 11.5 Å². The standard InChI is InChI=1S/C23H25ClN6O/c24-18-8-6-17(7-9-18)21-27-20(19-5-2-1-3-12-30(19)21)22(31)28-13-15-29(16-14-28)23-25-10-4-11-26-23/h4,6-11H,1-3,5,12-16H2. The number of hydrogen-bond donors (Lipinski definition) is 0. The highest BCUT2D eigenvalue weighted by atomic mass is 35.5. The zero-order chi connectivity index (χ0) is 21.2. The van der Waals surface area contributed by atoms with Crippen LogP contribution in [-0.4, -0.2) is 56.5 Å². The number of rotatable bonds is 3. The number of benzene rings is 1. The quantitative estimate of drug-likeness (QED) is 0.626. The number of amides is 1.